The maximum absolute atomic E-state index is 13.9. The average molecular weight is 406 g/mol. The van der Waals surface area contributed by atoms with E-state index in [2.05, 4.69) is 5.10 Å². The van der Waals surface area contributed by atoms with Crippen LogP contribution in [0.3, 0.4) is 0 Å². The Morgan fingerprint density at radius 1 is 1.07 bits per heavy atom. The SMILES string of the molecule is N#CCn1nc(-c2ccccc2S(N)(=O)=O)c(-c2ccccc2)c1C(F)(F)F. The molecule has 0 fully saturated rings. The molecule has 0 saturated carbocycles. The van der Waals surface area contributed by atoms with Crippen molar-refractivity contribution in [2.45, 2.75) is 17.6 Å². The topological polar surface area (TPSA) is 102 Å². The van der Waals surface area contributed by atoms with Crippen molar-refractivity contribution in [1.82, 2.24) is 9.78 Å². The number of aromatic nitrogens is 2. The molecule has 3 rings (SSSR count). The van der Waals surface area contributed by atoms with Gasteiger partial charge in [-0.25, -0.2) is 18.2 Å². The van der Waals surface area contributed by atoms with Crippen LogP contribution in [0.15, 0.2) is 59.5 Å². The largest absolute Gasteiger partial charge is 0.433 e. The van der Waals surface area contributed by atoms with Gasteiger partial charge in [0.1, 0.15) is 12.2 Å². The summed E-state index contributed by atoms with van der Waals surface area (Å²) in [6.45, 7) is -0.660. The van der Waals surface area contributed by atoms with Gasteiger partial charge >= 0.3 is 6.18 Å². The first-order valence-corrected chi connectivity index (χ1v) is 9.42. The minimum atomic E-state index is -4.83. The molecule has 0 unspecified atom stereocenters. The molecule has 0 radical (unpaired) electrons. The molecule has 1 aromatic heterocycles. The number of nitriles is 1. The van der Waals surface area contributed by atoms with E-state index in [0.717, 1.165) is 0 Å². The summed E-state index contributed by atoms with van der Waals surface area (Å²) in [5.41, 5.74) is -1.58. The number of alkyl halides is 3. The summed E-state index contributed by atoms with van der Waals surface area (Å²) >= 11 is 0. The first kappa shape index (κ1) is 19.6. The van der Waals surface area contributed by atoms with Gasteiger partial charge in [0, 0.05) is 11.1 Å². The van der Waals surface area contributed by atoms with Gasteiger partial charge in [-0.05, 0) is 11.6 Å². The van der Waals surface area contributed by atoms with E-state index in [9.17, 15) is 21.6 Å². The van der Waals surface area contributed by atoms with Gasteiger partial charge in [-0.1, -0.05) is 48.5 Å². The van der Waals surface area contributed by atoms with E-state index in [1.165, 1.54) is 36.4 Å². The molecule has 0 aliphatic carbocycles. The van der Waals surface area contributed by atoms with Crippen molar-refractivity contribution in [3.63, 3.8) is 0 Å². The summed E-state index contributed by atoms with van der Waals surface area (Å²) in [6, 6.07) is 14.7. The second-order valence-electron chi connectivity index (χ2n) is 5.79. The van der Waals surface area contributed by atoms with Crippen LogP contribution < -0.4 is 5.14 Å². The quantitative estimate of drug-likeness (QED) is 0.717. The van der Waals surface area contributed by atoms with Crippen LogP contribution in [0.1, 0.15) is 5.69 Å². The molecule has 28 heavy (non-hydrogen) atoms. The van der Waals surface area contributed by atoms with Crippen LogP contribution in [0.25, 0.3) is 22.4 Å². The molecule has 0 aliphatic rings. The Kier molecular flexibility index (Phi) is 4.97. The number of benzene rings is 2. The Morgan fingerprint density at radius 3 is 2.25 bits per heavy atom. The van der Waals surface area contributed by atoms with Crippen LogP contribution in [-0.4, -0.2) is 18.2 Å². The molecule has 0 spiro atoms. The standard InChI is InChI=1S/C18H13F3N4O2S/c19-18(20,21)17-15(12-6-2-1-3-7-12)16(24-25(17)11-10-22)13-8-4-5-9-14(13)28(23,26)27/h1-9H,11H2,(H2,23,26,27). The van der Waals surface area contributed by atoms with Crippen LogP contribution >= 0.6 is 0 Å². The molecule has 10 heteroatoms. The van der Waals surface area contributed by atoms with Crippen molar-refractivity contribution in [3.8, 4) is 28.5 Å². The third-order valence-electron chi connectivity index (χ3n) is 3.95. The molecular weight excluding hydrogens is 393 g/mol. The molecule has 2 N–H and O–H groups in total. The van der Waals surface area contributed by atoms with Crippen molar-refractivity contribution in [2.24, 2.45) is 5.14 Å². The molecule has 0 saturated heterocycles. The van der Waals surface area contributed by atoms with Crippen molar-refractivity contribution >= 4 is 10.0 Å². The van der Waals surface area contributed by atoms with Gasteiger partial charge in [-0.15, -0.1) is 0 Å². The number of rotatable bonds is 4. The molecule has 0 atom stereocenters. The monoisotopic (exact) mass is 406 g/mol. The van der Waals surface area contributed by atoms with Crippen molar-refractivity contribution in [2.75, 3.05) is 0 Å². The van der Waals surface area contributed by atoms with E-state index in [1.807, 2.05) is 0 Å². The van der Waals surface area contributed by atoms with E-state index in [-0.39, 0.29) is 27.3 Å². The maximum Gasteiger partial charge on any atom is 0.433 e. The molecule has 0 aliphatic heterocycles. The van der Waals surface area contributed by atoms with Gasteiger partial charge in [0.25, 0.3) is 0 Å². The second-order valence-corrected chi connectivity index (χ2v) is 7.32. The highest BCUT2D eigenvalue weighted by atomic mass is 32.2. The van der Waals surface area contributed by atoms with Gasteiger partial charge in [0.05, 0.1) is 11.0 Å². The Morgan fingerprint density at radius 2 is 1.68 bits per heavy atom. The fourth-order valence-electron chi connectivity index (χ4n) is 2.91. The molecule has 3 aromatic rings. The normalized spacial score (nSPS) is 12.0. The second kappa shape index (κ2) is 7.10. The Labute approximate surface area is 158 Å². The fourth-order valence-corrected chi connectivity index (χ4v) is 3.65. The summed E-state index contributed by atoms with van der Waals surface area (Å²) in [5, 5.41) is 18.1. The number of nitrogens with two attached hydrogens (primary N) is 1. The van der Waals surface area contributed by atoms with Gasteiger partial charge < -0.3 is 0 Å². The Bertz CT molecular complexity index is 1160. The van der Waals surface area contributed by atoms with E-state index in [4.69, 9.17) is 10.4 Å². The van der Waals surface area contributed by atoms with Crippen LogP contribution in [-0.2, 0) is 22.7 Å². The third-order valence-corrected chi connectivity index (χ3v) is 4.92. The molecule has 6 nitrogen and oxygen atoms in total. The minimum absolute atomic E-state index is 0.0777. The average Bonchev–Trinajstić information content (AvgIpc) is 3.01. The molecule has 144 valence electrons. The molecule has 0 amide bonds. The predicted octanol–water partition coefficient (Wildman–Crippen LogP) is 3.41. The molecule has 2 aromatic carbocycles. The fraction of sp³-hybridized carbons (Fsp3) is 0.111. The van der Waals surface area contributed by atoms with Crippen LogP contribution in [0.2, 0.25) is 0 Å². The number of nitrogens with zero attached hydrogens (tertiary/aromatic N) is 3. The lowest BCUT2D eigenvalue weighted by molar-refractivity contribution is -0.143. The summed E-state index contributed by atoms with van der Waals surface area (Å²) in [7, 11) is -4.23. The third kappa shape index (κ3) is 3.62. The molecule has 0 bridgehead atoms. The van der Waals surface area contributed by atoms with Gasteiger partial charge in [0.15, 0.2) is 5.69 Å². The van der Waals surface area contributed by atoms with Gasteiger partial charge in [-0.2, -0.15) is 23.5 Å². The number of hydrogen-bond donors (Lipinski definition) is 1. The summed E-state index contributed by atoms with van der Waals surface area (Å²) in [5.74, 6) is 0. The summed E-state index contributed by atoms with van der Waals surface area (Å²) in [6.07, 6.45) is -4.83. The van der Waals surface area contributed by atoms with Crippen LogP contribution in [0.5, 0.6) is 0 Å². The number of halogens is 3. The van der Waals surface area contributed by atoms with E-state index < -0.39 is 28.4 Å². The summed E-state index contributed by atoms with van der Waals surface area (Å²) < 4.78 is 66.0. The predicted molar refractivity (Wildman–Crippen MR) is 95.1 cm³/mol. The van der Waals surface area contributed by atoms with Gasteiger partial charge in [0.2, 0.25) is 10.0 Å². The van der Waals surface area contributed by atoms with E-state index >= 15 is 0 Å². The van der Waals surface area contributed by atoms with Crippen LogP contribution in [0.4, 0.5) is 13.2 Å². The maximum atomic E-state index is 13.9. The number of primary sulfonamides is 1. The zero-order chi connectivity index (χ0) is 20.5. The number of hydrogen-bond acceptors (Lipinski definition) is 4. The van der Waals surface area contributed by atoms with E-state index in [1.54, 1.807) is 24.3 Å². The zero-order valence-electron chi connectivity index (χ0n) is 14.2. The first-order chi connectivity index (χ1) is 13.1. The Hall–Kier alpha value is -3.16. The molecular formula is C18H13F3N4O2S. The summed E-state index contributed by atoms with van der Waals surface area (Å²) in [4.78, 5) is -0.359. The molecule has 1 heterocycles. The lowest BCUT2D eigenvalue weighted by Gasteiger charge is -2.12. The number of sulfonamides is 1. The highest BCUT2D eigenvalue weighted by Gasteiger charge is 2.41. The smallest absolute Gasteiger partial charge is 0.245 e. The highest BCUT2D eigenvalue weighted by molar-refractivity contribution is 7.89. The van der Waals surface area contributed by atoms with E-state index in [0.29, 0.717) is 4.68 Å². The highest BCUT2D eigenvalue weighted by Crippen LogP contribution is 2.43. The van der Waals surface area contributed by atoms with Crippen molar-refractivity contribution in [3.05, 3.63) is 60.3 Å². The minimum Gasteiger partial charge on any atom is -0.245 e. The van der Waals surface area contributed by atoms with Crippen LogP contribution in [0, 0.1) is 11.3 Å². The lowest BCUT2D eigenvalue weighted by atomic mass is 9.98. The first-order valence-electron chi connectivity index (χ1n) is 7.87. The zero-order valence-corrected chi connectivity index (χ0v) is 15.0. The Balaban J connectivity index is 2.46. The lowest BCUT2D eigenvalue weighted by Crippen LogP contribution is -2.15. The van der Waals surface area contributed by atoms with Gasteiger partial charge in [-0.3, -0.25) is 0 Å². The van der Waals surface area contributed by atoms with Crippen molar-refractivity contribution < 1.29 is 21.6 Å². The van der Waals surface area contributed by atoms with Crippen molar-refractivity contribution in [1.29, 1.82) is 5.26 Å².